The van der Waals surface area contributed by atoms with Crippen LogP contribution in [0.4, 0.5) is 4.39 Å². The molecule has 0 saturated carbocycles. The summed E-state index contributed by atoms with van der Waals surface area (Å²) in [5.74, 6) is -0.345. The average Bonchev–Trinajstić information content (AvgIpc) is 2.20. The average molecular weight is 207 g/mol. The Bertz CT molecular complexity index is 413. The molecule has 0 saturated heterocycles. The van der Waals surface area contributed by atoms with E-state index in [1.807, 2.05) is 0 Å². The first-order valence-electron chi connectivity index (χ1n) is 4.06. The van der Waals surface area contributed by atoms with Crippen molar-refractivity contribution in [2.75, 3.05) is 0 Å². The van der Waals surface area contributed by atoms with Crippen LogP contribution in [0.2, 0.25) is 5.15 Å². The zero-order valence-electron chi connectivity index (χ0n) is 7.17. The molecule has 1 radical (unpaired) electrons. The van der Waals surface area contributed by atoms with E-state index in [2.05, 4.69) is 11.1 Å². The zero-order valence-corrected chi connectivity index (χ0v) is 7.92. The summed E-state index contributed by atoms with van der Waals surface area (Å²) in [7, 11) is 0. The largest absolute Gasteiger partial charge is 0.244 e. The van der Waals surface area contributed by atoms with Gasteiger partial charge < -0.3 is 0 Å². The molecular formula is C11H6ClFN. The maximum absolute atomic E-state index is 13.3. The minimum Gasteiger partial charge on any atom is -0.244 e. The monoisotopic (exact) mass is 206 g/mol. The van der Waals surface area contributed by atoms with Crippen molar-refractivity contribution < 1.29 is 4.39 Å². The van der Waals surface area contributed by atoms with Crippen molar-refractivity contribution in [1.29, 1.82) is 0 Å². The van der Waals surface area contributed by atoms with Crippen LogP contribution in [0.25, 0.3) is 11.1 Å². The van der Waals surface area contributed by atoms with E-state index in [0.29, 0.717) is 11.1 Å². The zero-order chi connectivity index (χ0) is 9.97. The van der Waals surface area contributed by atoms with Crippen LogP contribution in [0.15, 0.2) is 36.5 Å². The van der Waals surface area contributed by atoms with Gasteiger partial charge >= 0.3 is 0 Å². The van der Waals surface area contributed by atoms with Gasteiger partial charge in [0.25, 0.3) is 0 Å². The standard InChI is InChI=1S/C11H6ClFN/c12-11-9(5-3-7-14-11)8-4-1-2-6-10(8)13/h1-3,5-7H. The molecule has 0 aliphatic rings. The van der Waals surface area contributed by atoms with Crippen molar-refractivity contribution in [2.45, 2.75) is 0 Å². The second-order valence-electron chi connectivity index (χ2n) is 2.73. The molecule has 0 aliphatic heterocycles. The Balaban J connectivity index is 2.61. The highest BCUT2D eigenvalue weighted by molar-refractivity contribution is 6.32. The molecule has 0 aliphatic carbocycles. The third-order valence-corrected chi connectivity index (χ3v) is 2.13. The summed E-state index contributed by atoms with van der Waals surface area (Å²) < 4.78 is 13.3. The number of benzene rings is 1. The number of pyridine rings is 1. The first-order valence-corrected chi connectivity index (χ1v) is 4.44. The number of halogens is 2. The van der Waals surface area contributed by atoms with Gasteiger partial charge in [-0.15, -0.1) is 0 Å². The maximum Gasteiger partial charge on any atom is 0.136 e. The van der Waals surface area contributed by atoms with Crippen molar-refractivity contribution in [3.05, 3.63) is 53.6 Å². The van der Waals surface area contributed by atoms with Crippen LogP contribution < -0.4 is 0 Å². The Morgan fingerprint density at radius 1 is 1.29 bits per heavy atom. The fourth-order valence-electron chi connectivity index (χ4n) is 1.20. The highest BCUT2D eigenvalue weighted by atomic mass is 35.5. The van der Waals surface area contributed by atoms with E-state index >= 15 is 0 Å². The van der Waals surface area contributed by atoms with Crippen molar-refractivity contribution in [1.82, 2.24) is 4.98 Å². The molecule has 0 bridgehead atoms. The topological polar surface area (TPSA) is 12.9 Å². The predicted molar refractivity (Wildman–Crippen MR) is 53.5 cm³/mol. The summed E-state index contributed by atoms with van der Waals surface area (Å²) in [5, 5.41) is 0.286. The van der Waals surface area contributed by atoms with Crippen LogP contribution >= 0.6 is 11.6 Å². The quantitative estimate of drug-likeness (QED) is 0.653. The van der Waals surface area contributed by atoms with Crippen LogP contribution in [0.5, 0.6) is 0 Å². The smallest absolute Gasteiger partial charge is 0.136 e. The fraction of sp³-hybridized carbons (Fsp3) is 0. The number of hydrogen-bond acceptors (Lipinski definition) is 1. The maximum atomic E-state index is 13.3. The molecule has 2 rings (SSSR count). The molecule has 0 N–H and O–H groups in total. The molecular weight excluding hydrogens is 201 g/mol. The summed E-state index contributed by atoms with van der Waals surface area (Å²) in [6.45, 7) is 0. The molecule has 0 amide bonds. The number of aromatic nitrogens is 1. The summed E-state index contributed by atoms with van der Waals surface area (Å²) in [5.41, 5.74) is 0.915. The van der Waals surface area contributed by atoms with Gasteiger partial charge in [0.15, 0.2) is 0 Å². The predicted octanol–water partition coefficient (Wildman–Crippen LogP) is 3.34. The normalized spacial score (nSPS) is 10.1. The molecule has 0 atom stereocenters. The Hall–Kier alpha value is -1.41. The van der Waals surface area contributed by atoms with Crippen molar-refractivity contribution in [3.63, 3.8) is 0 Å². The second-order valence-corrected chi connectivity index (χ2v) is 3.09. The van der Waals surface area contributed by atoms with Crippen LogP contribution in [0, 0.1) is 11.9 Å². The molecule has 1 aromatic heterocycles. The van der Waals surface area contributed by atoms with E-state index in [4.69, 9.17) is 11.6 Å². The molecule has 1 nitrogen and oxygen atoms in total. The lowest BCUT2D eigenvalue weighted by Gasteiger charge is -2.03. The van der Waals surface area contributed by atoms with E-state index in [1.54, 1.807) is 30.5 Å². The van der Waals surface area contributed by atoms with Crippen molar-refractivity contribution >= 4 is 11.6 Å². The molecule has 69 valence electrons. The lowest BCUT2D eigenvalue weighted by atomic mass is 10.1. The van der Waals surface area contributed by atoms with Crippen LogP contribution in [0.3, 0.4) is 0 Å². The van der Waals surface area contributed by atoms with Gasteiger partial charge in [0.1, 0.15) is 11.0 Å². The summed E-state index contributed by atoms with van der Waals surface area (Å²) in [6.07, 6.45) is 1.56. The van der Waals surface area contributed by atoms with Gasteiger partial charge in [-0.1, -0.05) is 23.7 Å². The number of rotatable bonds is 1. The van der Waals surface area contributed by atoms with E-state index < -0.39 is 0 Å². The summed E-state index contributed by atoms with van der Waals surface area (Å²) in [4.78, 5) is 3.88. The van der Waals surface area contributed by atoms with Crippen LogP contribution in [-0.4, -0.2) is 4.98 Å². The van der Waals surface area contributed by atoms with Gasteiger partial charge in [0.2, 0.25) is 0 Å². The number of hydrogen-bond donors (Lipinski definition) is 0. The molecule has 0 spiro atoms. The highest BCUT2D eigenvalue weighted by Gasteiger charge is 2.07. The lowest BCUT2D eigenvalue weighted by Crippen LogP contribution is -1.86. The molecule has 0 unspecified atom stereocenters. The summed E-state index contributed by atoms with van der Waals surface area (Å²) in [6, 6.07) is 10.8. The molecule has 1 heterocycles. The first-order chi connectivity index (χ1) is 6.79. The Labute approximate surface area is 86.2 Å². The van der Waals surface area contributed by atoms with Gasteiger partial charge in [-0.25, -0.2) is 9.37 Å². The van der Waals surface area contributed by atoms with Crippen LogP contribution in [0.1, 0.15) is 0 Å². The summed E-state index contributed by atoms with van der Waals surface area (Å²) >= 11 is 5.83. The Kier molecular flexibility index (Phi) is 2.46. The highest BCUT2D eigenvalue weighted by Crippen LogP contribution is 2.26. The van der Waals surface area contributed by atoms with Gasteiger partial charge in [-0.2, -0.15) is 0 Å². The molecule has 1 aromatic carbocycles. The Morgan fingerprint density at radius 3 is 2.86 bits per heavy atom. The SMILES string of the molecule is Fc1ccc[c]c1-c1cccnc1Cl. The fourth-order valence-corrected chi connectivity index (χ4v) is 1.41. The molecule has 2 aromatic rings. The second kappa shape index (κ2) is 3.76. The van der Waals surface area contributed by atoms with Gasteiger partial charge in [0, 0.05) is 17.3 Å². The van der Waals surface area contributed by atoms with Crippen LogP contribution in [-0.2, 0) is 0 Å². The van der Waals surface area contributed by atoms with Crippen molar-refractivity contribution in [2.24, 2.45) is 0 Å². The molecule has 0 fully saturated rings. The lowest BCUT2D eigenvalue weighted by molar-refractivity contribution is 0.631. The molecule has 14 heavy (non-hydrogen) atoms. The van der Waals surface area contributed by atoms with Gasteiger partial charge in [0.05, 0.1) is 0 Å². The Morgan fingerprint density at radius 2 is 2.14 bits per heavy atom. The minimum atomic E-state index is -0.345. The van der Waals surface area contributed by atoms with Gasteiger partial charge in [-0.3, -0.25) is 0 Å². The van der Waals surface area contributed by atoms with E-state index in [9.17, 15) is 4.39 Å². The van der Waals surface area contributed by atoms with E-state index in [-0.39, 0.29) is 11.0 Å². The van der Waals surface area contributed by atoms with Gasteiger partial charge in [-0.05, 0) is 24.3 Å². The third kappa shape index (κ3) is 1.61. The van der Waals surface area contributed by atoms with E-state index in [1.165, 1.54) is 6.07 Å². The molecule has 3 heteroatoms. The minimum absolute atomic E-state index is 0.286. The van der Waals surface area contributed by atoms with E-state index in [0.717, 1.165) is 0 Å². The first kappa shape index (κ1) is 9.16. The third-order valence-electron chi connectivity index (χ3n) is 1.83. The number of nitrogens with zero attached hydrogens (tertiary/aromatic N) is 1. The van der Waals surface area contributed by atoms with Crippen molar-refractivity contribution in [3.8, 4) is 11.1 Å².